The number of benzene rings is 2. The molecule has 0 spiro atoms. The van der Waals surface area contributed by atoms with E-state index in [2.05, 4.69) is 5.32 Å². The van der Waals surface area contributed by atoms with Gasteiger partial charge in [0.15, 0.2) is 0 Å². The molecule has 1 aromatic heterocycles. The summed E-state index contributed by atoms with van der Waals surface area (Å²) in [5, 5.41) is 3.52. The second kappa shape index (κ2) is 8.24. The first kappa shape index (κ1) is 20.2. The molecule has 0 unspecified atom stereocenters. The molecule has 0 atom stereocenters. The summed E-state index contributed by atoms with van der Waals surface area (Å²) in [6.45, 7) is 1.81. The molecular weight excluding hydrogens is 411 g/mol. The molecule has 0 saturated heterocycles. The van der Waals surface area contributed by atoms with Crippen LogP contribution in [-0.4, -0.2) is 4.99 Å². The third-order valence-electron chi connectivity index (χ3n) is 3.96. The number of nitrogens with one attached hydrogen (secondary N) is 1. The molecule has 0 radical (unpaired) electrons. The molecule has 0 aliphatic carbocycles. The Morgan fingerprint density at radius 1 is 1.18 bits per heavy atom. The van der Waals surface area contributed by atoms with Gasteiger partial charge in [0.1, 0.15) is 23.1 Å². The van der Waals surface area contributed by atoms with Crippen LogP contribution in [0, 0.1) is 6.92 Å². The average molecular weight is 426 g/mol. The van der Waals surface area contributed by atoms with Crippen LogP contribution >= 0.6 is 23.8 Å². The number of rotatable bonds is 5. The van der Waals surface area contributed by atoms with Gasteiger partial charge in [0, 0.05) is 16.3 Å². The van der Waals surface area contributed by atoms with E-state index in [1.165, 1.54) is 12.1 Å². The average Bonchev–Trinajstić information content (AvgIpc) is 3.08. The summed E-state index contributed by atoms with van der Waals surface area (Å²) in [4.78, 5) is 0.485. The summed E-state index contributed by atoms with van der Waals surface area (Å²) >= 11 is 11.6. The van der Waals surface area contributed by atoms with Gasteiger partial charge in [-0.25, -0.2) is 0 Å². The Kier molecular flexibility index (Phi) is 5.96. The van der Waals surface area contributed by atoms with Crippen molar-refractivity contribution >= 4 is 34.5 Å². The first-order chi connectivity index (χ1) is 13.2. The number of hydrogen-bond acceptors (Lipinski definition) is 3. The van der Waals surface area contributed by atoms with Crippen LogP contribution in [-0.2, 0) is 12.8 Å². The van der Waals surface area contributed by atoms with Gasteiger partial charge in [0.2, 0.25) is 0 Å². The molecule has 0 aliphatic rings. The number of furan rings is 1. The van der Waals surface area contributed by atoms with Gasteiger partial charge in [0.25, 0.3) is 0 Å². The maximum Gasteiger partial charge on any atom is 0.416 e. The van der Waals surface area contributed by atoms with Gasteiger partial charge in [-0.1, -0.05) is 29.9 Å². The van der Waals surface area contributed by atoms with E-state index in [0.717, 1.165) is 17.7 Å². The van der Waals surface area contributed by atoms with Crippen molar-refractivity contribution in [2.24, 2.45) is 0 Å². The fourth-order valence-electron chi connectivity index (χ4n) is 2.51. The summed E-state index contributed by atoms with van der Waals surface area (Å²) in [5.41, 5.74) is 1.28. The van der Waals surface area contributed by atoms with E-state index >= 15 is 0 Å². The van der Waals surface area contributed by atoms with Crippen molar-refractivity contribution in [2.75, 3.05) is 5.32 Å². The molecule has 0 saturated carbocycles. The van der Waals surface area contributed by atoms with E-state index in [9.17, 15) is 13.2 Å². The minimum atomic E-state index is -4.43. The first-order valence-electron chi connectivity index (χ1n) is 8.18. The van der Waals surface area contributed by atoms with Gasteiger partial charge in [-0.2, -0.15) is 13.2 Å². The van der Waals surface area contributed by atoms with Crippen LogP contribution in [0.25, 0.3) is 0 Å². The molecule has 3 aromatic rings. The van der Waals surface area contributed by atoms with E-state index in [1.807, 2.05) is 0 Å². The molecule has 3 nitrogen and oxygen atoms in total. The third-order valence-corrected chi connectivity index (χ3v) is 4.65. The van der Waals surface area contributed by atoms with Gasteiger partial charge in [-0.15, -0.1) is 0 Å². The maximum absolute atomic E-state index is 12.8. The van der Waals surface area contributed by atoms with Crippen LogP contribution in [0.4, 0.5) is 18.9 Å². The molecule has 28 heavy (non-hydrogen) atoms. The highest BCUT2D eigenvalue weighted by Crippen LogP contribution is 2.32. The third kappa shape index (κ3) is 4.85. The number of hydrogen-bond donors (Lipinski definition) is 1. The highest BCUT2D eigenvalue weighted by Gasteiger charge is 2.30. The quantitative estimate of drug-likeness (QED) is 0.465. The zero-order valence-electron chi connectivity index (χ0n) is 14.6. The predicted octanol–water partition coefficient (Wildman–Crippen LogP) is 6.63. The van der Waals surface area contributed by atoms with Crippen LogP contribution in [0.1, 0.15) is 22.5 Å². The Balaban J connectivity index is 1.72. The molecule has 8 heteroatoms. The molecule has 0 amide bonds. The monoisotopic (exact) mass is 425 g/mol. The lowest BCUT2D eigenvalue weighted by atomic mass is 10.2. The summed E-state index contributed by atoms with van der Waals surface area (Å²) < 4.78 is 49.2. The van der Waals surface area contributed by atoms with E-state index in [-0.39, 0.29) is 12.4 Å². The zero-order chi connectivity index (χ0) is 20.3. The topological polar surface area (TPSA) is 34.4 Å². The molecule has 1 heterocycles. The van der Waals surface area contributed by atoms with Gasteiger partial charge < -0.3 is 14.5 Å². The Morgan fingerprint density at radius 3 is 2.64 bits per heavy atom. The smallest absolute Gasteiger partial charge is 0.416 e. The lowest BCUT2D eigenvalue weighted by Gasteiger charge is -2.13. The number of ether oxygens (including phenoxy) is 1. The number of halogens is 4. The summed E-state index contributed by atoms with van der Waals surface area (Å²) in [6.07, 6.45) is -2.88. The fraction of sp³-hybridized carbons (Fsp3) is 0.150. The lowest BCUT2D eigenvalue weighted by Crippen LogP contribution is -2.11. The Bertz CT molecular complexity index is 1000. The SMILES string of the molecule is Cc1occc1C(=S)Nc1ccc(Cl)c(COc2cccc(C(F)(F)F)c2)c1. The van der Waals surface area contributed by atoms with Crippen molar-refractivity contribution in [2.45, 2.75) is 19.7 Å². The van der Waals surface area contributed by atoms with Crippen LogP contribution < -0.4 is 10.1 Å². The molecule has 146 valence electrons. The molecule has 3 rings (SSSR count). The van der Waals surface area contributed by atoms with Crippen LogP contribution in [0.15, 0.2) is 59.2 Å². The van der Waals surface area contributed by atoms with E-state index in [4.69, 9.17) is 33.0 Å². The summed E-state index contributed by atoms with van der Waals surface area (Å²) in [6, 6.07) is 11.6. The minimum absolute atomic E-state index is 0.00711. The summed E-state index contributed by atoms with van der Waals surface area (Å²) in [5.74, 6) is 0.799. The van der Waals surface area contributed by atoms with Gasteiger partial charge in [0.05, 0.1) is 17.4 Å². The van der Waals surface area contributed by atoms with Crippen molar-refractivity contribution in [3.05, 3.63) is 82.3 Å². The van der Waals surface area contributed by atoms with Gasteiger partial charge in [-0.05, 0) is 49.4 Å². The standard InChI is InChI=1S/C20H15ClF3NO2S/c1-12-17(7-8-26-12)19(28)25-15-5-6-18(21)13(9-15)11-27-16-4-2-3-14(10-16)20(22,23)24/h2-10H,11H2,1H3,(H,25,28). The van der Waals surface area contributed by atoms with Crippen molar-refractivity contribution in [3.8, 4) is 5.75 Å². The predicted molar refractivity (Wildman–Crippen MR) is 106 cm³/mol. The Hall–Kier alpha value is -2.51. The molecule has 0 fully saturated rings. The van der Waals surface area contributed by atoms with Crippen LogP contribution in [0.3, 0.4) is 0 Å². The number of anilines is 1. The van der Waals surface area contributed by atoms with Gasteiger partial charge in [-0.3, -0.25) is 0 Å². The number of alkyl halides is 3. The summed E-state index contributed by atoms with van der Waals surface area (Å²) in [7, 11) is 0. The molecule has 2 aromatic carbocycles. The minimum Gasteiger partial charge on any atom is -0.489 e. The maximum atomic E-state index is 12.8. The van der Waals surface area contributed by atoms with E-state index < -0.39 is 11.7 Å². The van der Waals surface area contributed by atoms with E-state index in [1.54, 1.807) is 37.5 Å². The van der Waals surface area contributed by atoms with Crippen molar-refractivity contribution in [1.29, 1.82) is 0 Å². The Morgan fingerprint density at radius 2 is 1.96 bits per heavy atom. The highest BCUT2D eigenvalue weighted by atomic mass is 35.5. The zero-order valence-corrected chi connectivity index (χ0v) is 16.2. The lowest BCUT2D eigenvalue weighted by molar-refractivity contribution is -0.137. The largest absolute Gasteiger partial charge is 0.489 e. The molecule has 0 bridgehead atoms. The Labute approximate surface area is 170 Å². The second-order valence-corrected chi connectivity index (χ2v) is 6.78. The fourth-order valence-corrected chi connectivity index (χ4v) is 3.01. The van der Waals surface area contributed by atoms with Crippen LogP contribution in [0.2, 0.25) is 5.02 Å². The second-order valence-electron chi connectivity index (χ2n) is 5.97. The number of aryl methyl sites for hydroxylation is 1. The highest BCUT2D eigenvalue weighted by molar-refractivity contribution is 7.81. The van der Waals surface area contributed by atoms with Crippen molar-refractivity contribution < 1.29 is 22.3 Å². The van der Waals surface area contributed by atoms with Crippen molar-refractivity contribution in [1.82, 2.24) is 0 Å². The van der Waals surface area contributed by atoms with Crippen molar-refractivity contribution in [3.63, 3.8) is 0 Å². The normalized spacial score (nSPS) is 11.3. The molecular formula is C20H15ClF3NO2S. The first-order valence-corrected chi connectivity index (χ1v) is 8.96. The van der Waals surface area contributed by atoms with E-state index in [0.29, 0.717) is 27.0 Å². The number of thiocarbonyl (C=S) groups is 1. The van der Waals surface area contributed by atoms with Gasteiger partial charge >= 0.3 is 6.18 Å². The molecule has 1 N–H and O–H groups in total. The molecule has 0 aliphatic heterocycles. The van der Waals surface area contributed by atoms with Crippen LogP contribution in [0.5, 0.6) is 5.75 Å².